The third-order valence-corrected chi connectivity index (χ3v) is 2.90. The van der Waals surface area contributed by atoms with E-state index in [4.69, 9.17) is 0 Å². The van der Waals surface area contributed by atoms with Crippen LogP contribution in [0.5, 0.6) is 0 Å². The molecule has 0 amide bonds. The fraction of sp³-hybridized carbons (Fsp3) is 0.867. The van der Waals surface area contributed by atoms with Crippen LogP contribution in [0.1, 0.15) is 72.1 Å². The highest BCUT2D eigenvalue weighted by Gasteiger charge is 1.99. The third kappa shape index (κ3) is 11.8. The normalized spacial score (nSPS) is 10.8. The Morgan fingerprint density at radius 2 is 1.53 bits per heavy atom. The summed E-state index contributed by atoms with van der Waals surface area (Å²) < 4.78 is 0. The second kappa shape index (κ2) is 12.0. The maximum atomic E-state index is 3.83. The van der Waals surface area contributed by atoms with Crippen LogP contribution in [-0.2, 0) is 0 Å². The number of nitrogens with zero attached hydrogens (tertiary/aromatic N) is 1. The Bertz CT molecular complexity index is 166. The molecule has 0 spiro atoms. The zero-order valence-electron chi connectivity index (χ0n) is 12.2. The van der Waals surface area contributed by atoms with Gasteiger partial charge in [0.2, 0.25) is 0 Å². The molecule has 0 aromatic heterocycles. The van der Waals surface area contributed by atoms with Crippen molar-refractivity contribution in [2.75, 3.05) is 6.54 Å². The third-order valence-electron chi connectivity index (χ3n) is 2.90. The molecule has 0 aromatic rings. The molecule has 102 valence electrons. The first-order valence-electron chi connectivity index (χ1n) is 7.36. The van der Waals surface area contributed by atoms with Gasteiger partial charge in [-0.2, -0.15) is 0 Å². The molecule has 1 N–H and O–H groups in total. The van der Waals surface area contributed by atoms with E-state index in [0.717, 1.165) is 6.54 Å². The summed E-state index contributed by atoms with van der Waals surface area (Å²) in [5.41, 5.74) is 3.36. The lowest BCUT2D eigenvalue weighted by Crippen LogP contribution is -2.38. The summed E-state index contributed by atoms with van der Waals surface area (Å²) in [7, 11) is 0. The van der Waals surface area contributed by atoms with Gasteiger partial charge in [0.25, 0.3) is 0 Å². The van der Waals surface area contributed by atoms with Gasteiger partial charge < -0.3 is 5.01 Å². The monoisotopic (exact) mass is 240 g/mol. The average molecular weight is 240 g/mol. The lowest BCUT2D eigenvalue weighted by molar-refractivity contribution is 0.238. The molecule has 0 aliphatic carbocycles. The molecule has 0 heterocycles. The van der Waals surface area contributed by atoms with Gasteiger partial charge in [0.1, 0.15) is 0 Å². The SMILES string of the molecule is C=CN(CCCCCCCCCC)NC(C)C. The molecule has 0 radical (unpaired) electrons. The van der Waals surface area contributed by atoms with Gasteiger partial charge >= 0.3 is 0 Å². The summed E-state index contributed by atoms with van der Waals surface area (Å²) in [6.45, 7) is 11.5. The molecule has 2 heteroatoms. The zero-order valence-corrected chi connectivity index (χ0v) is 12.2. The second-order valence-electron chi connectivity index (χ2n) is 5.13. The van der Waals surface area contributed by atoms with Crippen LogP contribution in [0.2, 0.25) is 0 Å². The zero-order chi connectivity index (χ0) is 12.9. The van der Waals surface area contributed by atoms with E-state index < -0.39 is 0 Å². The first kappa shape index (κ1) is 16.5. The first-order chi connectivity index (χ1) is 8.20. The Balaban J connectivity index is 3.28. The maximum absolute atomic E-state index is 3.83. The van der Waals surface area contributed by atoms with Crippen LogP contribution in [-0.4, -0.2) is 17.6 Å². The van der Waals surface area contributed by atoms with Crippen molar-refractivity contribution in [3.05, 3.63) is 12.8 Å². The quantitative estimate of drug-likeness (QED) is 0.399. The largest absolute Gasteiger partial charge is 0.316 e. The van der Waals surface area contributed by atoms with E-state index in [0.29, 0.717) is 6.04 Å². The molecule has 0 unspecified atom stereocenters. The Labute approximate surface area is 108 Å². The predicted molar refractivity (Wildman–Crippen MR) is 77.8 cm³/mol. The minimum Gasteiger partial charge on any atom is -0.316 e. The van der Waals surface area contributed by atoms with E-state index in [1.165, 1.54) is 51.4 Å². The Morgan fingerprint density at radius 3 is 2.00 bits per heavy atom. The average Bonchev–Trinajstić information content (AvgIpc) is 2.30. The number of nitrogens with one attached hydrogen (secondary N) is 1. The highest BCUT2D eigenvalue weighted by Crippen LogP contribution is 2.08. The molecule has 17 heavy (non-hydrogen) atoms. The highest BCUT2D eigenvalue weighted by molar-refractivity contribution is 4.68. The van der Waals surface area contributed by atoms with E-state index in [9.17, 15) is 0 Å². The topological polar surface area (TPSA) is 15.3 Å². The van der Waals surface area contributed by atoms with Gasteiger partial charge in [0, 0.05) is 18.8 Å². The van der Waals surface area contributed by atoms with Gasteiger partial charge in [-0.3, -0.25) is 0 Å². The molecule has 0 bridgehead atoms. The molecule has 0 saturated heterocycles. The summed E-state index contributed by atoms with van der Waals surface area (Å²) in [5.74, 6) is 0. The molecule has 0 aliphatic heterocycles. The van der Waals surface area contributed by atoms with Crippen molar-refractivity contribution in [2.24, 2.45) is 0 Å². The lowest BCUT2D eigenvalue weighted by Gasteiger charge is -2.23. The van der Waals surface area contributed by atoms with Gasteiger partial charge in [0.05, 0.1) is 0 Å². The number of rotatable bonds is 12. The molecule has 0 saturated carbocycles. The minimum absolute atomic E-state index is 0.488. The summed E-state index contributed by atoms with van der Waals surface area (Å²) in [4.78, 5) is 0. The highest BCUT2D eigenvalue weighted by atomic mass is 15.5. The van der Waals surface area contributed by atoms with Crippen molar-refractivity contribution in [1.82, 2.24) is 10.4 Å². The Hall–Kier alpha value is -0.500. The molecular weight excluding hydrogens is 208 g/mol. The summed E-state index contributed by atoms with van der Waals surface area (Å²) >= 11 is 0. The number of unbranched alkanes of at least 4 members (excludes halogenated alkanes) is 7. The fourth-order valence-corrected chi connectivity index (χ4v) is 1.96. The predicted octanol–water partition coefficient (Wildman–Crippen LogP) is 4.49. The first-order valence-corrected chi connectivity index (χ1v) is 7.36. The maximum Gasteiger partial charge on any atom is 0.0337 e. The molecule has 0 rings (SSSR count). The molecule has 0 aliphatic rings. The molecular formula is C15H32N2. The van der Waals surface area contributed by atoms with Crippen molar-refractivity contribution in [3.63, 3.8) is 0 Å². The summed E-state index contributed by atoms with van der Waals surface area (Å²) in [5, 5.41) is 2.11. The van der Waals surface area contributed by atoms with Crippen LogP contribution in [0.15, 0.2) is 12.8 Å². The molecule has 0 atom stereocenters. The lowest BCUT2D eigenvalue weighted by atomic mass is 10.1. The van der Waals surface area contributed by atoms with Crippen LogP contribution in [0.3, 0.4) is 0 Å². The van der Waals surface area contributed by atoms with E-state index in [-0.39, 0.29) is 0 Å². The number of hydrogen-bond acceptors (Lipinski definition) is 2. The van der Waals surface area contributed by atoms with Crippen molar-refractivity contribution < 1.29 is 0 Å². The van der Waals surface area contributed by atoms with Crippen LogP contribution >= 0.6 is 0 Å². The van der Waals surface area contributed by atoms with Gasteiger partial charge in [-0.05, 0) is 20.3 Å². The van der Waals surface area contributed by atoms with Crippen LogP contribution in [0.25, 0.3) is 0 Å². The van der Waals surface area contributed by atoms with E-state index >= 15 is 0 Å². The number of hydrogen-bond donors (Lipinski definition) is 1. The fourth-order valence-electron chi connectivity index (χ4n) is 1.96. The van der Waals surface area contributed by atoms with Gasteiger partial charge in [-0.15, -0.1) is 0 Å². The van der Waals surface area contributed by atoms with Gasteiger partial charge in [-0.1, -0.05) is 58.4 Å². The van der Waals surface area contributed by atoms with Crippen molar-refractivity contribution >= 4 is 0 Å². The standard InChI is InChI=1S/C15H32N2/c1-5-7-8-9-10-11-12-13-14-17(6-2)16-15(3)4/h6,15-16H,2,5,7-14H2,1,3-4H3. The van der Waals surface area contributed by atoms with Crippen molar-refractivity contribution in [1.29, 1.82) is 0 Å². The molecule has 2 nitrogen and oxygen atoms in total. The smallest absolute Gasteiger partial charge is 0.0337 e. The molecule has 0 aromatic carbocycles. The Morgan fingerprint density at radius 1 is 1.00 bits per heavy atom. The van der Waals surface area contributed by atoms with Gasteiger partial charge in [0.15, 0.2) is 0 Å². The summed E-state index contributed by atoms with van der Waals surface area (Å²) in [6.07, 6.45) is 12.9. The van der Waals surface area contributed by atoms with E-state index in [1.54, 1.807) is 0 Å². The number of hydrazine groups is 1. The van der Waals surface area contributed by atoms with Crippen LogP contribution < -0.4 is 5.43 Å². The van der Waals surface area contributed by atoms with Gasteiger partial charge in [-0.25, -0.2) is 5.43 Å². The van der Waals surface area contributed by atoms with Crippen molar-refractivity contribution in [2.45, 2.75) is 78.2 Å². The second-order valence-corrected chi connectivity index (χ2v) is 5.13. The van der Waals surface area contributed by atoms with E-state index in [1.807, 2.05) is 6.20 Å². The summed E-state index contributed by atoms with van der Waals surface area (Å²) in [6, 6.07) is 0.488. The minimum atomic E-state index is 0.488. The molecule has 0 fully saturated rings. The Kier molecular flexibility index (Phi) is 11.6. The van der Waals surface area contributed by atoms with Crippen molar-refractivity contribution in [3.8, 4) is 0 Å². The van der Waals surface area contributed by atoms with E-state index in [2.05, 4.69) is 37.8 Å². The van der Waals surface area contributed by atoms with Crippen LogP contribution in [0, 0.1) is 0 Å². The van der Waals surface area contributed by atoms with Crippen LogP contribution in [0.4, 0.5) is 0 Å².